The van der Waals surface area contributed by atoms with Crippen molar-refractivity contribution in [1.82, 2.24) is 0 Å². The highest BCUT2D eigenvalue weighted by atomic mass is 16.6. The minimum atomic E-state index is 0.153. The van der Waals surface area contributed by atoms with Crippen LogP contribution in [0.15, 0.2) is 35.5 Å². The molecule has 82 valence electrons. The summed E-state index contributed by atoms with van der Waals surface area (Å²) in [5.74, 6) is 0. The van der Waals surface area contributed by atoms with Gasteiger partial charge in [0.2, 0.25) is 0 Å². The van der Waals surface area contributed by atoms with E-state index >= 15 is 0 Å². The van der Waals surface area contributed by atoms with Gasteiger partial charge >= 0.3 is 0 Å². The summed E-state index contributed by atoms with van der Waals surface area (Å²) in [6.45, 7) is 8.97. The molecule has 15 heavy (non-hydrogen) atoms. The molecule has 2 nitrogen and oxygen atoms in total. The van der Waals surface area contributed by atoms with Crippen LogP contribution < -0.4 is 0 Å². The van der Waals surface area contributed by atoms with Gasteiger partial charge in [-0.25, -0.2) is 0 Å². The van der Waals surface area contributed by atoms with Crippen LogP contribution in [-0.4, -0.2) is 12.3 Å². The third-order valence-corrected chi connectivity index (χ3v) is 1.89. The fourth-order valence-electron chi connectivity index (χ4n) is 1.05. The van der Waals surface area contributed by atoms with E-state index in [-0.39, 0.29) is 5.41 Å². The Morgan fingerprint density at radius 1 is 1.20 bits per heavy atom. The van der Waals surface area contributed by atoms with Gasteiger partial charge in [-0.1, -0.05) is 56.3 Å². The van der Waals surface area contributed by atoms with E-state index in [9.17, 15) is 0 Å². The molecule has 0 aromatic heterocycles. The Morgan fingerprint density at radius 2 is 1.80 bits per heavy atom. The zero-order valence-corrected chi connectivity index (χ0v) is 9.95. The van der Waals surface area contributed by atoms with Gasteiger partial charge in [-0.2, -0.15) is 0 Å². The summed E-state index contributed by atoms with van der Waals surface area (Å²) in [6.07, 6.45) is 0. The van der Waals surface area contributed by atoms with Crippen LogP contribution in [0.5, 0.6) is 0 Å². The van der Waals surface area contributed by atoms with Crippen molar-refractivity contribution in [3.63, 3.8) is 0 Å². The van der Waals surface area contributed by atoms with E-state index in [1.54, 1.807) is 0 Å². The standard InChI is InChI=1S/C13H19NO/c1-11(12-8-6-5-7-9-12)14-15-10-13(2,3)4/h5-9H,10H2,1-4H3/b14-11+. The maximum Gasteiger partial charge on any atom is 0.122 e. The average molecular weight is 205 g/mol. The molecule has 0 aliphatic rings. The van der Waals surface area contributed by atoms with Gasteiger partial charge in [-0.3, -0.25) is 0 Å². The van der Waals surface area contributed by atoms with Crippen LogP contribution in [0.4, 0.5) is 0 Å². The van der Waals surface area contributed by atoms with E-state index in [0.29, 0.717) is 6.61 Å². The monoisotopic (exact) mass is 205 g/mol. The Morgan fingerprint density at radius 3 is 2.33 bits per heavy atom. The lowest BCUT2D eigenvalue weighted by Crippen LogP contribution is -2.13. The number of hydrogen-bond acceptors (Lipinski definition) is 2. The van der Waals surface area contributed by atoms with Crippen LogP contribution in [0.2, 0.25) is 0 Å². The van der Waals surface area contributed by atoms with Gasteiger partial charge in [-0.05, 0) is 17.9 Å². The van der Waals surface area contributed by atoms with Crippen LogP contribution in [-0.2, 0) is 4.84 Å². The molecule has 0 radical (unpaired) electrons. The maximum atomic E-state index is 5.30. The highest BCUT2D eigenvalue weighted by Crippen LogP contribution is 2.13. The van der Waals surface area contributed by atoms with Gasteiger partial charge in [0.05, 0.1) is 5.71 Å². The Balaban J connectivity index is 2.54. The van der Waals surface area contributed by atoms with Crippen molar-refractivity contribution < 1.29 is 4.84 Å². The van der Waals surface area contributed by atoms with Crippen LogP contribution in [0, 0.1) is 5.41 Å². The zero-order chi connectivity index (χ0) is 11.3. The Labute approximate surface area is 91.9 Å². The summed E-state index contributed by atoms with van der Waals surface area (Å²) < 4.78 is 0. The van der Waals surface area contributed by atoms with Crippen LogP contribution in [0.25, 0.3) is 0 Å². The molecule has 2 heteroatoms. The number of hydrogen-bond donors (Lipinski definition) is 0. The molecule has 0 saturated heterocycles. The molecule has 1 aromatic carbocycles. The summed E-state index contributed by atoms with van der Waals surface area (Å²) in [5, 5.41) is 4.10. The zero-order valence-electron chi connectivity index (χ0n) is 9.95. The predicted molar refractivity (Wildman–Crippen MR) is 64.1 cm³/mol. The van der Waals surface area contributed by atoms with Gasteiger partial charge in [0, 0.05) is 0 Å². The normalized spacial score (nSPS) is 12.7. The van der Waals surface area contributed by atoms with Crippen molar-refractivity contribution in [2.75, 3.05) is 6.61 Å². The molecular formula is C13H19NO. The Bertz CT molecular complexity index is 322. The van der Waals surface area contributed by atoms with Crippen molar-refractivity contribution in [1.29, 1.82) is 0 Å². The van der Waals surface area contributed by atoms with Gasteiger partial charge in [0.1, 0.15) is 6.61 Å². The summed E-state index contributed by atoms with van der Waals surface area (Å²) in [6, 6.07) is 10.0. The number of nitrogens with zero attached hydrogens (tertiary/aromatic N) is 1. The molecule has 0 aliphatic carbocycles. The first-order valence-corrected chi connectivity index (χ1v) is 5.21. The molecule has 0 bridgehead atoms. The highest BCUT2D eigenvalue weighted by Gasteiger charge is 2.10. The number of rotatable bonds is 3. The topological polar surface area (TPSA) is 21.6 Å². The van der Waals surface area contributed by atoms with E-state index < -0.39 is 0 Å². The fraction of sp³-hybridized carbons (Fsp3) is 0.462. The van der Waals surface area contributed by atoms with Gasteiger partial charge in [0.25, 0.3) is 0 Å². The molecule has 0 atom stereocenters. The molecule has 0 amide bonds. The van der Waals surface area contributed by atoms with Crippen molar-refractivity contribution in [3.8, 4) is 0 Å². The van der Waals surface area contributed by atoms with Crippen molar-refractivity contribution in [3.05, 3.63) is 35.9 Å². The Hall–Kier alpha value is -1.31. The summed E-state index contributed by atoms with van der Waals surface area (Å²) in [5.41, 5.74) is 2.17. The quantitative estimate of drug-likeness (QED) is 0.547. The summed E-state index contributed by atoms with van der Waals surface area (Å²) >= 11 is 0. The molecule has 0 aliphatic heterocycles. The first kappa shape index (κ1) is 11.8. The Kier molecular flexibility index (Phi) is 3.89. The molecule has 0 spiro atoms. The SMILES string of the molecule is C/C(=N\OCC(C)(C)C)c1ccccc1. The second kappa shape index (κ2) is 4.96. The van der Waals surface area contributed by atoms with Crippen molar-refractivity contribution in [2.45, 2.75) is 27.7 Å². The third-order valence-electron chi connectivity index (χ3n) is 1.89. The van der Waals surface area contributed by atoms with Crippen LogP contribution in [0.1, 0.15) is 33.3 Å². The second-order valence-corrected chi connectivity index (χ2v) is 4.88. The first-order valence-electron chi connectivity index (χ1n) is 5.21. The number of benzene rings is 1. The predicted octanol–water partition coefficient (Wildman–Crippen LogP) is 3.47. The van der Waals surface area contributed by atoms with Crippen molar-refractivity contribution in [2.24, 2.45) is 10.6 Å². The van der Waals surface area contributed by atoms with E-state index in [0.717, 1.165) is 11.3 Å². The van der Waals surface area contributed by atoms with Gasteiger partial charge in [0.15, 0.2) is 0 Å². The summed E-state index contributed by atoms with van der Waals surface area (Å²) in [4.78, 5) is 5.30. The molecule has 1 rings (SSSR count). The van der Waals surface area contributed by atoms with E-state index in [2.05, 4.69) is 25.9 Å². The molecule has 0 fully saturated rings. The van der Waals surface area contributed by atoms with Gasteiger partial charge < -0.3 is 4.84 Å². The largest absolute Gasteiger partial charge is 0.395 e. The van der Waals surface area contributed by atoms with Crippen LogP contribution in [0.3, 0.4) is 0 Å². The maximum absolute atomic E-state index is 5.30. The van der Waals surface area contributed by atoms with E-state index in [4.69, 9.17) is 4.84 Å². The smallest absolute Gasteiger partial charge is 0.122 e. The summed E-state index contributed by atoms with van der Waals surface area (Å²) in [7, 11) is 0. The molecule has 0 unspecified atom stereocenters. The minimum absolute atomic E-state index is 0.153. The molecule has 0 saturated carbocycles. The van der Waals surface area contributed by atoms with E-state index in [1.807, 2.05) is 37.3 Å². The highest BCUT2D eigenvalue weighted by molar-refractivity contribution is 5.98. The molecule has 1 aromatic rings. The van der Waals surface area contributed by atoms with Crippen LogP contribution >= 0.6 is 0 Å². The molecule has 0 N–H and O–H groups in total. The first-order chi connectivity index (χ1) is 6.99. The lowest BCUT2D eigenvalue weighted by atomic mass is 9.99. The lowest BCUT2D eigenvalue weighted by molar-refractivity contribution is 0.0772. The number of oxime groups is 1. The van der Waals surface area contributed by atoms with Gasteiger partial charge in [-0.15, -0.1) is 0 Å². The average Bonchev–Trinajstić information content (AvgIpc) is 2.17. The molecular weight excluding hydrogens is 186 g/mol. The molecule has 0 heterocycles. The second-order valence-electron chi connectivity index (χ2n) is 4.88. The minimum Gasteiger partial charge on any atom is -0.395 e. The fourth-order valence-corrected chi connectivity index (χ4v) is 1.05. The lowest BCUT2D eigenvalue weighted by Gasteiger charge is -2.15. The third kappa shape index (κ3) is 4.63. The van der Waals surface area contributed by atoms with Crippen molar-refractivity contribution >= 4 is 5.71 Å². The van der Waals surface area contributed by atoms with E-state index in [1.165, 1.54) is 0 Å².